The van der Waals surface area contributed by atoms with E-state index >= 15 is 0 Å². The number of carbonyl (C=O) groups excluding carboxylic acids is 1. The molecule has 0 aliphatic carbocycles. The third-order valence-electron chi connectivity index (χ3n) is 4.30. The van der Waals surface area contributed by atoms with E-state index in [-0.39, 0.29) is 11.9 Å². The zero-order chi connectivity index (χ0) is 16.5. The molecule has 0 saturated carbocycles. The molecular formula is C19H29NO3. The van der Waals surface area contributed by atoms with Crippen LogP contribution in [0.3, 0.4) is 0 Å². The maximum Gasteiger partial charge on any atom is 0.309 e. The van der Waals surface area contributed by atoms with Crippen LogP contribution in [-0.4, -0.2) is 37.2 Å². The lowest BCUT2D eigenvalue weighted by atomic mass is 9.96. The number of unbranched alkanes of at least 4 members (excludes halogenated alkanes) is 1. The normalized spacial score (nSPS) is 16.3. The van der Waals surface area contributed by atoms with Gasteiger partial charge in [-0.05, 0) is 57.0 Å². The van der Waals surface area contributed by atoms with E-state index in [1.807, 2.05) is 6.92 Å². The summed E-state index contributed by atoms with van der Waals surface area (Å²) < 4.78 is 10.8. The van der Waals surface area contributed by atoms with Gasteiger partial charge in [0.2, 0.25) is 0 Å². The standard InChI is InChI=1S/C19H29NO3/c1-3-5-14-23-18-8-6-16(7-9-18)15-20-12-10-17(11-13-20)19(21)22-4-2/h6-9,17H,3-5,10-15H2,1-2H3. The number of hydrogen-bond donors (Lipinski definition) is 0. The van der Waals surface area contributed by atoms with Crippen molar-refractivity contribution in [1.29, 1.82) is 0 Å². The van der Waals surface area contributed by atoms with Gasteiger partial charge in [-0.15, -0.1) is 0 Å². The Morgan fingerprint density at radius 1 is 1.17 bits per heavy atom. The number of benzene rings is 1. The van der Waals surface area contributed by atoms with Gasteiger partial charge in [0.1, 0.15) is 5.75 Å². The summed E-state index contributed by atoms with van der Waals surface area (Å²) in [5, 5.41) is 0. The third-order valence-corrected chi connectivity index (χ3v) is 4.30. The Bertz CT molecular complexity index is 464. The molecule has 0 atom stereocenters. The average Bonchev–Trinajstić information content (AvgIpc) is 2.57. The highest BCUT2D eigenvalue weighted by molar-refractivity contribution is 5.72. The second-order valence-electron chi connectivity index (χ2n) is 6.15. The van der Waals surface area contributed by atoms with Crippen molar-refractivity contribution in [3.8, 4) is 5.75 Å². The van der Waals surface area contributed by atoms with Gasteiger partial charge in [0.05, 0.1) is 19.1 Å². The van der Waals surface area contributed by atoms with Crippen molar-refractivity contribution in [2.45, 2.75) is 46.1 Å². The van der Waals surface area contributed by atoms with Gasteiger partial charge in [0.15, 0.2) is 0 Å². The number of ether oxygens (including phenoxy) is 2. The van der Waals surface area contributed by atoms with Crippen LogP contribution in [0.15, 0.2) is 24.3 Å². The molecule has 1 aromatic rings. The van der Waals surface area contributed by atoms with Crippen LogP contribution >= 0.6 is 0 Å². The number of nitrogens with zero attached hydrogens (tertiary/aromatic N) is 1. The van der Waals surface area contributed by atoms with E-state index in [4.69, 9.17) is 9.47 Å². The summed E-state index contributed by atoms with van der Waals surface area (Å²) in [4.78, 5) is 14.2. The van der Waals surface area contributed by atoms with Gasteiger partial charge >= 0.3 is 5.97 Å². The minimum absolute atomic E-state index is 0.0271. The molecule has 1 heterocycles. The zero-order valence-electron chi connectivity index (χ0n) is 14.4. The molecule has 4 heteroatoms. The van der Waals surface area contributed by atoms with Crippen LogP contribution in [-0.2, 0) is 16.1 Å². The van der Waals surface area contributed by atoms with E-state index < -0.39 is 0 Å². The molecule has 0 aromatic heterocycles. The molecule has 0 radical (unpaired) electrons. The van der Waals surface area contributed by atoms with Gasteiger partial charge in [-0.3, -0.25) is 9.69 Å². The molecular weight excluding hydrogens is 290 g/mol. The molecule has 1 fully saturated rings. The molecule has 0 bridgehead atoms. The van der Waals surface area contributed by atoms with Crippen molar-refractivity contribution in [3.63, 3.8) is 0 Å². The molecule has 1 saturated heterocycles. The first-order valence-electron chi connectivity index (χ1n) is 8.83. The summed E-state index contributed by atoms with van der Waals surface area (Å²) in [7, 11) is 0. The SMILES string of the molecule is CCCCOc1ccc(CN2CCC(C(=O)OCC)CC2)cc1. The van der Waals surface area contributed by atoms with Crippen molar-refractivity contribution >= 4 is 5.97 Å². The summed E-state index contributed by atoms with van der Waals surface area (Å²) in [5.41, 5.74) is 1.29. The van der Waals surface area contributed by atoms with Crippen LogP contribution < -0.4 is 4.74 Å². The maximum atomic E-state index is 11.8. The molecule has 23 heavy (non-hydrogen) atoms. The monoisotopic (exact) mass is 319 g/mol. The Labute approximate surface area is 139 Å². The van der Waals surface area contributed by atoms with Crippen molar-refractivity contribution in [2.24, 2.45) is 5.92 Å². The Balaban J connectivity index is 1.74. The van der Waals surface area contributed by atoms with Gasteiger partial charge in [-0.25, -0.2) is 0 Å². The fraction of sp³-hybridized carbons (Fsp3) is 0.632. The highest BCUT2D eigenvalue weighted by Crippen LogP contribution is 2.21. The molecule has 1 aromatic carbocycles. The summed E-state index contributed by atoms with van der Waals surface area (Å²) in [5.74, 6) is 1.00. The number of likely N-dealkylation sites (tertiary alicyclic amines) is 1. The van der Waals surface area contributed by atoms with E-state index in [9.17, 15) is 4.79 Å². The first kappa shape index (κ1) is 17.8. The third kappa shape index (κ3) is 5.87. The van der Waals surface area contributed by atoms with E-state index in [1.54, 1.807) is 0 Å². The lowest BCUT2D eigenvalue weighted by Gasteiger charge is -2.30. The number of rotatable bonds is 8. The van der Waals surface area contributed by atoms with Crippen molar-refractivity contribution < 1.29 is 14.3 Å². The highest BCUT2D eigenvalue weighted by atomic mass is 16.5. The first-order chi connectivity index (χ1) is 11.2. The second kappa shape index (κ2) is 9.56. The Morgan fingerprint density at radius 3 is 2.48 bits per heavy atom. The topological polar surface area (TPSA) is 38.8 Å². The highest BCUT2D eigenvalue weighted by Gasteiger charge is 2.25. The number of hydrogen-bond acceptors (Lipinski definition) is 4. The van der Waals surface area contributed by atoms with E-state index in [0.717, 1.165) is 57.7 Å². The molecule has 0 unspecified atom stereocenters. The Hall–Kier alpha value is -1.55. The quantitative estimate of drug-likeness (QED) is 0.542. The summed E-state index contributed by atoms with van der Waals surface area (Å²) in [6, 6.07) is 8.38. The Kier molecular flexibility index (Phi) is 7.40. The van der Waals surface area contributed by atoms with E-state index in [2.05, 4.69) is 36.1 Å². The summed E-state index contributed by atoms with van der Waals surface area (Å²) in [6.45, 7) is 8.14. The zero-order valence-corrected chi connectivity index (χ0v) is 14.4. The van der Waals surface area contributed by atoms with Gasteiger partial charge in [-0.2, -0.15) is 0 Å². The lowest BCUT2D eigenvalue weighted by Crippen LogP contribution is -2.36. The van der Waals surface area contributed by atoms with Crippen LogP contribution in [0, 0.1) is 5.92 Å². The smallest absolute Gasteiger partial charge is 0.309 e. The first-order valence-corrected chi connectivity index (χ1v) is 8.83. The minimum Gasteiger partial charge on any atom is -0.494 e. The van der Waals surface area contributed by atoms with E-state index in [0.29, 0.717) is 6.61 Å². The average molecular weight is 319 g/mol. The van der Waals surface area contributed by atoms with E-state index in [1.165, 1.54) is 5.56 Å². The molecule has 1 aliphatic heterocycles. The van der Waals surface area contributed by atoms with Crippen molar-refractivity contribution in [2.75, 3.05) is 26.3 Å². The molecule has 0 amide bonds. The van der Waals surface area contributed by atoms with Gasteiger partial charge < -0.3 is 9.47 Å². The van der Waals surface area contributed by atoms with Gasteiger partial charge in [-0.1, -0.05) is 25.5 Å². The largest absolute Gasteiger partial charge is 0.494 e. The summed E-state index contributed by atoms with van der Waals surface area (Å²) >= 11 is 0. The number of carbonyl (C=O) groups is 1. The predicted molar refractivity (Wildman–Crippen MR) is 91.5 cm³/mol. The molecule has 4 nitrogen and oxygen atoms in total. The fourth-order valence-corrected chi connectivity index (χ4v) is 2.87. The van der Waals surface area contributed by atoms with Crippen LogP contribution in [0.5, 0.6) is 5.75 Å². The molecule has 1 aliphatic rings. The predicted octanol–water partition coefficient (Wildman–Crippen LogP) is 3.64. The summed E-state index contributed by atoms with van der Waals surface area (Å²) in [6.07, 6.45) is 4.05. The number of piperidine rings is 1. The minimum atomic E-state index is -0.0271. The molecule has 0 N–H and O–H groups in total. The Morgan fingerprint density at radius 2 is 1.87 bits per heavy atom. The number of esters is 1. The van der Waals surface area contributed by atoms with Crippen LogP contribution in [0.2, 0.25) is 0 Å². The van der Waals surface area contributed by atoms with Gasteiger partial charge in [0, 0.05) is 6.54 Å². The lowest BCUT2D eigenvalue weighted by molar-refractivity contribution is -0.149. The molecule has 2 rings (SSSR count). The molecule has 0 spiro atoms. The molecule has 128 valence electrons. The fourth-order valence-electron chi connectivity index (χ4n) is 2.87. The van der Waals surface area contributed by atoms with Gasteiger partial charge in [0.25, 0.3) is 0 Å². The maximum absolute atomic E-state index is 11.8. The van der Waals surface area contributed by atoms with Crippen molar-refractivity contribution in [1.82, 2.24) is 4.90 Å². The van der Waals surface area contributed by atoms with Crippen molar-refractivity contribution in [3.05, 3.63) is 29.8 Å². The van der Waals surface area contributed by atoms with Crippen LogP contribution in [0.25, 0.3) is 0 Å². The second-order valence-corrected chi connectivity index (χ2v) is 6.15. The van der Waals surface area contributed by atoms with Crippen LogP contribution in [0.1, 0.15) is 45.1 Å². The van der Waals surface area contributed by atoms with Crippen LogP contribution in [0.4, 0.5) is 0 Å².